The molecule has 3 rings (SSSR count). The smallest absolute Gasteiger partial charge is 0.224 e. The zero-order valence-corrected chi connectivity index (χ0v) is 11.9. The van der Waals surface area contributed by atoms with Crippen molar-refractivity contribution in [1.29, 1.82) is 0 Å². The minimum absolute atomic E-state index is 0.0392. The van der Waals surface area contributed by atoms with E-state index in [9.17, 15) is 13.2 Å². The molecule has 2 aliphatic rings. The van der Waals surface area contributed by atoms with Crippen molar-refractivity contribution in [1.82, 2.24) is 5.32 Å². The maximum atomic E-state index is 12.2. The molecular weight excluding hydrogens is 276 g/mol. The van der Waals surface area contributed by atoms with Crippen LogP contribution in [0.3, 0.4) is 0 Å². The quantitative estimate of drug-likeness (QED) is 0.813. The van der Waals surface area contributed by atoms with Crippen molar-refractivity contribution in [3.63, 3.8) is 0 Å². The summed E-state index contributed by atoms with van der Waals surface area (Å²) in [6, 6.07) is 7.52. The largest absolute Gasteiger partial charge is 0.347 e. The molecule has 1 amide bonds. The summed E-state index contributed by atoms with van der Waals surface area (Å²) in [5.41, 5.74) is 8.30. The maximum Gasteiger partial charge on any atom is 0.224 e. The van der Waals surface area contributed by atoms with Gasteiger partial charge in [-0.1, -0.05) is 24.3 Å². The Morgan fingerprint density at radius 1 is 1.30 bits per heavy atom. The molecular formula is C14H18N2O3S. The van der Waals surface area contributed by atoms with Crippen LogP contribution >= 0.6 is 0 Å². The first-order valence-electron chi connectivity index (χ1n) is 6.80. The fourth-order valence-electron chi connectivity index (χ4n) is 3.08. The van der Waals surface area contributed by atoms with Crippen molar-refractivity contribution in [3.8, 4) is 0 Å². The van der Waals surface area contributed by atoms with Gasteiger partial charge in [0.15, 0.2) is 9.84 Å². The van der Waals surface area contributed by atoms with E-state index in [-0.39, 0.29) is 29.5 Å². The average molecular weight is 294 g/mol. The summed E-state index contributed by atoms with van der Waals surface area (Å²) < 4.78 is 22.9. The molecule has 1 saturated heterocycles. The van der Waals surface area contributed by atoms with Gasteiger partial charge in [-0.15, -0.1) is 0 Å². The molecule has 6 heteroatoms. The lowest BCUT2D eigenvalue weighted by molar-refractivity contribution is -0.125. The van der Waals surface area contributed by atoms with E-state index in [1.54, 1.807) is 0 Å². The third-order valence-electron chi connectivity index (χ3n) is 4.17. The Hall–Kier alpha value is -1.40. The molecule has 3 atom stereocenters. The first kappa shape index (κ1) is 13.6. The van der Waals surface area contributed by atoms with Gasteiger partial charge in [-0.3, -0.25) is 4.79 Å². The highest BCUT2D eigenvalue weighted by Crippen LogP contribution is 2.31. The van der Waals surface area contributed by atoms with Crippen molar-refractivity contribution in [2.75, 3.05) is 11.5 Å². The molecule has 3 N–H and O–H groups in total. The van der Waals surface area contributed by atoms with Crippen LogP contribution < -0.4 is 11.1 Å². The van der Waals surface area contributed by atoms with Crippen LogP contribution in [-0.2, 0) is 21.1 Å². The minimum Gasteiger partial charge on any atom is -0.347 e. The van der Waals surface area contributed by atoms with E-state index in [2.05, 4.69) is 5.32 Å². The van der Waals surface area contributed by atoms with E-state index < -0.39 is 15.8 Å². The van der Waals surface area contributed by atoms with Crippen molar-refractivity contribution in [2.45, 2.75) is 24.9 Å². The lowest BCUT2D eigenvalue weighted by atomic mass is 10.0. The van der Waals surface area contributed by atoms with E-state index >= 15 is 0 Å². The van der Waals surface area contributed by atoms with Gasteiger partial charge in [-0.05, 0) is 24.0 Å². The first-order valence-corrected chi connectivity index (χ1v) is 8.62. The highest BCUT2D eigenvalue weighted by atomic mass is 32.2. The predicted molar refractivity (Wildman–Crippen MR) is 75.8 cm³/mol. The van der Waals surface area contributed by atoms with Crippen LogP contribution in [0.4, 0.5) is 0 Å². The Labute approximate surface area is 118 Å². The second kappa shape index (κ2) is 4.86. The molecule has 108 valence electrons. The zero-order valence-electron chi connectivity index (χ0n) is 11.1. The lowest BCUT2D eigenvalue weighted by Crippen LogP contribution is -2.41. The Morgan fingerprint density at radius 2 is 2.05 bits per heavy atom. The topological polar surface area (TPSA) is 89.3 Å². The van der Waals surface area contributed by atoms with Crippen LogP contribution in [0.2, 0.25) is 0 Å². The summed E-state index contributed by atoms with van der Waals surface area (Å²) >= 11 is 0. The summed E-state index contributed by atoms with van der Waals surface area (Å²) in [7, 11) is -3.04. The van der Waals surface area contributed by atoms with Crippen LogP contribution in [0, 0.1) is 5.92 Å². The molecule has 5 nitrogen and oxygen atoms in total. The van der Waals surface area contributed by atoms with Gasteiger partial charge in [-0.2, -0.15) is 0 Å². The number of hydrogen-bond donors (Lipinski definition) is 2. The molecule has 3 unspecified atom stereocenters. The number of nitrogens with one attached hydrogen (secondary N) is 1. The summed E-state index contributed by atoms with van der Waals surface area (Å²) in [5, 5.41) is 2.94. The molecule has 0 spiro atoms. The van der Waals surface area contributed by atoms with Crippen LogP contribution in [0.15, 0.2) is 24.3 Å². The monoisotopic (exact) mass is 294 g/mol. The van der Waals surface area contributed by atoms with Gasteiger partial charge in [0.05, 0.1) is 23.5 Å². The van der Waals surface area contributed by atoms with Gasteiger partial charge in [0, 0.05) is 6.04 Å². The number of nitrogens with two attached hydrogens (primary N) is 1. The molecule has 1 heterocycles. The number of hydrogen-bond acceptors (Lipinski definition) is 4. The van der Waals surface area contributed by atoms with E-state index in [0.29, 0.717) is 6.42 Å². The average Bonchev–Trinajstić information content (AvgIpc) is 2.91. The highest BCUT2D eigenvalue weighted by Gasteiger charge is 2.36. The van der Waals surface area contributed by atoms with E-state index in [1.165, 1.54) is 0 Å². The third-order valence-corrected chi connectivity index (χ3v) is 5.94. The molecule has 0 aromatic heterocycles. The minimum atomic E-state index is -3.04. The normalized spacial score (nSPS) is 30.9. The lowest BCUT2D eigenvalue weighted by Gasteiger charge is -2.20. The highest BCUT2D eigenvalue weighted by molar-refractivity contribution is 7.91. The Bertz CT molecular complexity index is 642. The molecule has 20 heavy (non-hydrogen) atoms. The number of carbonyl (C=O) groups is 1. The molecule has 1 aromatic carbocycles. The molecule has 1 fully saturated rings. The molecule has 0 bridgehead atoms. The van der Waals surface area contributed by atoms with Gasteiger partial charge in [0.2, 0.25) is 5.91 Å². The standard InChI is InChI=1S/C14H18N2O3S/c15-12-7-9-3-1-2-4-11(9)13(12)16-14(17)10-5-6-20(18,19)8-10/h1-4,10,12-13H,5-8,15H2,(H,16,17). The molecule has 1 aromatic rings. The first-order chi connectivity index (χ1) is 9.46. The van der Waals surface area contributed by atoms with E-state index in [0.717, 1.165) is 17.5 Å². The van der Waals surface area contributed by atoms with Crippen molar-refractivity contribution in [3.05, 3.63) is 35.4 Å². The molecule has 0 radical (unpaired) electrons. The molecule has 1 aliphatic heterocycles. The molecule has 0 saturated carbocycles. The summed E-state index contributed by atoms with van der Waals surface area (Å²) in [5.74, 6) is -0.552. The van der Waals surface area contributed by atoms with E-state index in [4.69, 9.17) is 5.73 Å². The Balaban J connectivity index is 1.74. The van der Waals surface area contributed by atoms with Crippen molar-refractivity contribution < 1.29 is 13.2 Å². The fraction of sp³-hybridized carbons (Fsp3) is 0.500. The number of fused-ring (bicyclic) bond motifs is 1. The maximum absolute atomic E-state index is 12.2. The van der Waals surface area contributed by atoms with Gasteiger partial charge in [0.25, 0.3) is 0 Å². The summed E-state index contributed by atoms with van der Waals surface area (Å²) in [4.78, 5) is 12.2. The van der Waals surface area contributed by atoms with Crippen LogP contribution in [0.1, 0.15) is 23.6 Å². The number of carbonyl (C=O) groups excluding carboxylic acids is 1. The van der Waals surface area contributed by atoms with Gasteiger partial charge >= 0.3 is 0 Å². The molecule has 1 aliphatic carbocycles. The van der Waals surface area contributed by atoms with Crippen LogP contribution in [-0.4, -0.2) is 31.9 Å². The SMILES string of the molecule is NC1Cc2ccccc2C1NC(=O)C1CCS(=O)(=O)C1. The zero-order chi connectivity index (χ0) is 14.3. The van der Waals surface area contributed by atoms with Crippen LogP contribution in [0.25, 0.3) is 0 Å². The Morgan fingerprint density at radius 3 is 2.75 bits per heavy atom. The van der Waals surface area contributed by atoms with Gasteiger partial charge in [-0.25, -0.2) is 8.42 Å². The van der Waals surface area contributed by atoms with Crippen molar-refractivity contribution >= 4 is 15.7 Å². The fourth-order valence-corrected chi connectivity index (χ4v) is 4.82. The number of benzene rings is 1. The number of rotatable bonds is 2. The number of amides is 1. The second-order valence-electron chi connectivity index (χ2n) is 5.65. The van der Waals surface area contributed by atoms with Gasteiger partial charge < -0.3 is 11.1 Å². The van der Waals surface area contributed by atoms with Crippen molar-refractivity contribution in [2.24, 2.45) is 11.7 Å². The van der Waals surface area contributed by atoms with Gasteiger partial charge in [0.1, 0.15) is 0 Å². The Kier molecular flexibility index (Phi) is 3.30. The van der Waals surface area contributed by atoms with E-state index in [1.807, 2.05) is 24.3 Å². The van der Waals surface area contributed by atoms with Crippen LogP contribution in [0.5, 0.6) is 0 Å². The second-order valence-corrected chi connectivity index (χ2v) is 7.88. The summed E-state index contributed by atoms with van der Waals surface area (Å²) in [6.45, 7) is 0. The number of sulfone groups is 1. The predicted octanol–water partition coefficient (Wildman–Crippen LogP) is 0.162. The third kappa shape index (κ3) is 2.45. The summed E-state index contributed by atoms with van der Waals surface area (Å²) in [6.07, 6.45) is 1.15.